The SMILES string of the molecule is CC/C=C\C/C=C\C/C=C\C/C=C\C/C=C\C/C=C\CSCC(=O)NCCSSCC(=O)Nc1ccc(O)c(C(=O)OC)c1. The molecule has 0 aromatic heterocycles. The molecule has 0 fully saturated rings. The van der Waals surface area contributed by atoms with E-state index in [0.29, 0.717) is 23.7 Å². The highest BCUT2D eigenvalue weighted by Crippen LogP contribution is 2.24. The van der Waals surface area contributed by atoms with E-state index in [9.17, 15) is 19.5 Å². The van der Waals surface area contributed by atoms with Crippen molar-refractivity contribution in [3.8, 4) is 5.75 Å². The third-order valence-electron chi connectivity index (χ3n) is 5.51. The van der Waals surface area contributed by atoms with Crippen LogP contribution in [0.25, 0.3) is 0 Å². The summed E-state index contributed by atoms with van der Waals surface area (Å²) in [6, 6.07) is 4.20. The fourth-order valence-electron chi connectivity index (χ4n) is 3.33. The molecule has 1 aromatic rings. The summed E-state index contributed by atoms with van der Waals surface area (Å²) in [5.41, 5.74) is 0.381. The zero-order valence-electron chi connectivity index (χ0n) is 25.7. The van der Waals surface area contributed by atoms with Gasteiger partial charge in [0.2, 0.25) is 11.8 Å². The van der Waals surface area contributed by atoms with Gasteiger partial charge in [0.05, 0.1) is 18.6 Å². The molecule has 0 saturated carbocycles. The van der Waals surface area contributed by atoms with Gasteiger partial charge < -0.3 is 20.5 Å². The maximum Gasteiger partial charge on any atom is 0.341 e. The van der Waals surface area contributed by atoms with Gasteiger partial charge in [-0.05, 0) is 56.7 Å². The largest absolute Gasteiger partial charge is 0.507 e. The molecule has 44 heavy (non-hydrogen) atoms. The normalized spacial score (nSPS) is 12.0. The van der Waals surface area contributed by atoms with Crippen LogP contribution >= 0.6 is 33.3 Å². The van der Waals surface area contributed by atoms with E-state index in [4.69, 9.17) is 0 Å². The van der Waals surface area contributed by atoms with Crippen LogP contribution in [0.4, 0.5) is 5.69 Å². The molecule has 1 rings (SSSR count). The van der Waals surface area contributed by atoms with E-state index in [1.807, 2.05) is 0 Å². The minimum atomic E-state index is -0.683. The van der Waals surface area contributed by atoms with Gasteiger partial charge >= 0.3 is 5.97 Å². The highest BCUT2D eigenvalue weighted by atomic mass is 33.1. The van der Waals surface area contributed by atoms with Crippen LogP contribution in [-0.4, -0.2) is 59.6 Å². The van der Waals surface area contributed by atoms with Crippen molar-refractivity contribution in [1.29, 1.82) is 0 Å². The number of nitrogens with one attached hydrogen (secondary N) is 2. The molecule has 0 saturated heterocycles. The number of ether oxygens (including phenoxy) is 1. The number of carbonyl (C=O) groups excluding carboxylic acids is 3. The molecule has 1 aromatic carbocycles. The number of carbonyl (C=O) groups is 3. The number of phenols is 1. The fraction of sp³-hybridized carbons (Fsp3) is 0.382. The zero-order valence-corrected chi connectivity index (χ0v) is 28.2. The third-order valence-corrected chi connectivity index (χ3v) is 8.68. The van der Waals surface area contributed by atoms with Gasteiger partial charge in [0, 0.05) is 23.7 Å². The van der Waals surface area contributed by atoms with E-state index in [2.05, 4.69) is 95.2 Å². The van der Waals surface area contributed by atoms with Gasteiger partial charge in [-0.25, -0.2) is 4.79 Å². The van der Waals surface area contributed by atoms with E-state index in [1.165, 1.54) is 46.9 Å². The highest BCUT2D eigenvalue weighted by molar-refractivity contribution is 8.76. The standard InChI is InChI=1S/C34H46N2O5S3/c1-3-4-5-6-7-8-9-10-11-12-13-14-15-16-17-18-19-20-24-42-27-32(38)35-23-25-43-44-28-33(39)36-29-21-22-31(37)30(26-29)34(40)41-2/h4-5,7-8,10-11,13-14,16-17,19-22,26,37H,3,6,9,12,15,18,23-25,27-28H2,1-2H3,(H,35,38)(H,36,39)/b5-4-,8-7-,11-10-,14-13-,17-16-,20-19-. The second kappa shape index (κ2) is 27.5. The summed E-state index contributed by atoms with van der Waals surface area (Å²) in [7, 11) is 4.09. The van der Waals surface area contributed by atoms with Crippen molar-refractivity contribution in [3.05, 3.63) is 96.7 Å². The molecule has 0 bridgehead atoms. The molecular weight excluding hydrogens is 613 g/mol. The molecule has 0 atom stereocenters. The maximum atomic E-state index is 12.1. The number of amides is 2. The van der Waals surface area contributed by atoms with Crippen LogP contribution in [0.3, 0.4) is 0 Å². The summed E-state index contributed by atoms with van der Waals surface area (Å²) >= 11 is 1.57. The number of aromatic hydroxyl groups is 1. The van der Waals surface area contributed by atoms with E-state index >= 15 is 0 Å². The molecule has 0 aliphatic carbocycles. The summed E-state index contributed by atoms with van der Waals surface area (Å²) in [6.07, 6.45) is 32.0. The van der Waals surface area contributed by atoms with Crippen LogP contribution in [0, 0.1) is 0 Å². The molecule has 0 aliphatic heterocycles. The first kappa shape index (κ1) is 38.9. The van der Waals surface area contributed by atoms with Crippen LogP contribution in [0.15, 0.2) is 91.1 Å². The van der Waals surface area contributed by atoms with E-state index in [0.717, 1.165) is 44.3 Å². The van der Waals surface area contributed by atoms with Crippen molar-refractivity contribution in [3.63, 3.8) is 0 Å². The van der Waals surface area contributed by atoms with Crippen LogP contribution in [-0.2, 0) is 14.3 Å². The number of hydrogen-bond donors (Lipinski definition) is 3. The Kier molecular flexibility index (Phi) is 24.3. The molecule has 2 amide bonds. The monoisotopic (exact) mass is 658 g/mol. The second-order valence-corrected chi connectivity index (χ2v) is 12.7. The predicted octanol–water partition coefficient (Wildman–Crippen LogP) is 8.05. The third kappa shape index (κ3) is 21.6. The lowest BCUT2D eigenvalue weighted by molar-refractivity contribution is -0.118. The van der Waals surface area contributed by atoms with E-state index < -0.39 is 5.97 Å². The Morgan fingerprint density at radius 2 is 1.34 bits per heavy atom. The first-order chi connectivity index (χ1) is 21.5. The van der Waals surface area contributed by atoms with Crippen molar-refractivity contribution < 1.29 is 24.2 Å². The summed E-state index contributed by atoms with van der Waals surface area (Å²) < 4.78 is 4.61. The Morgan fingerprint density at radius 1 is 0.773 bits per heavy atom. The molecule has 0 radical (unpaired) electrons. The van der Waals surface area contributed by atoms with Crippen molar-refractivity contribution in [1.82, 2.24) is 5.32 Å². The Hall–Kier alpha value is -3.08. The number of hydrogen-bond acceptors (Lipinski definition) is 8. The number of phenolic OH excluding ortho intramolecular Hbond substituents is 1. The summed E-state index contributed by atoms with van der Waals surface area (Å²) in [6.45, 7) is 2.67. The lowest BCUT2D eigenvalue weighted by Crippen LogP contribution is -2.27. The topological polar surface area (TPSA) is 105 Å². The molecule has 0 spiro atoms. The number of esters is 1. The van der Waals surface area contributed by atoms with Crippen molar-refractivity contribution >= 4 is 56.8 Å². The van der Waals surface area contributed by atoms with Crippen molar-refractivity contribution in [2.24, 2.45) is 0 Å². The number of methoxy groups -OCH3 is 1. The second-order valence-electron chi connectivity index (χ2n) is 9.14. The number of allylic oxidation sites excluding steroid dienone is 11. The Labute approximate surface area is 275 Å². The fourth-order valence-corrected chi connectivity index (χ4v) is 5.75. The van der Waals surface area contributed by atoms with Crippen molar-refractivity contribution in [2.45, 2.75) is 45.4 Å². The van der Waals surface area contributed by atoms with Gasteiger partial charge in [-0.1, -0.05) is 101 Å². The average molecular weight is 659 g/mol. The minimum Gasteiger partial charge on any atom is -0.507 e. The van der Waals surface area contributed by atoms with Crippen LogP contribution in [0.5, 0.6) is 5.75 Å². The molecule has 10 heteroatoms. The van der Waals surface area contributed by atoms with Gasteiger partial charge in [0.25, 0.3) is 0 Å². The zero-order chi connectivity index (χ0) is 32.1. The first-order valence-electron chi connectivity index (χ1n) is 14.7. The van der Waals surface area contributed by atoms with Gasteiger partial charge in [0.1, 0.15) is 11.3 Å². The first-order valence-corrected chi connectivity index (χ1v) is 18.3. The van der Waals surface area contributed by atoms with E-state index in [1.54, 1.807) is 11.8 Å². The number of thioether (sulfide) groups is 1. The molecule has 240 valence electrons. The van der Waals surface area contributed by atoms with Crippen LogP contribution in [0.1, 0.15) is 55.8 Å². The summed E-state index contributed by atoms with van der Waals surface area (Å²) in [5.74, 6) is 0.942. The van der Waals surface area contributed by atoms with Gasteiger partial charge in [0.15, 0.2) is 0 Å². The van der Waals surface area contributed by atoms with Gasteiger partial charge in [-0.3, -0.25) is 9.59 Å². The highest BCUT2D eigenvalue weighted by Gasteiger charge is 2.13. The van der Waals surface area contributed by atoms with Crippen LogP contribution in [0.2, 0.25) is 0 Å². The molecule has 0 aliphatic rings. The number of benzene rings is 1. The smallest absolute Gasteiger partial charge is 0.341 e. The molecule has 0 heterocycles. The molecular formula is C34H46N2O5S3. The summed E-state index contributed by atoms with van der Waals surface area (Å²) in [4.78, 5) is 35.8. The minimum absolute atomic E-state index is 0.00156. The lowest BCUT2D eigenvalue weighted by Gasteiger charge is -2.08. The number of rotatable bonds is 23. The van der Waals surface area contributed by atoms with Gasteiger partial charge in [-0.15, -0.1) is 11.8 Å². The Balaban J connectivity index is 1.99. The van der Waals surface area contributed by atoms with Gasteiger partial charge in [-0.2, -0.15) is 0 Å². The summed E-state index contributed by atoms with van der Waals surface area (Å²) in [5, 5.41) is 15.3. The average Bonchev–Trinajstić information content (AvgIpc) is 3.02. The predicted molar refractivity (Wildman–Crippen MR) is 192 cm³/mol. The number of anilines is 1. The molecule has 0 unspecified atom stereocenters. The van der Waals surface area contributed by atoms with E-state index in [-0.39, 0.29) is 28.9 Å². The lowest BCUT2D eigenvalue weighted by atomic mass is 10.2. The quantitative estimate of drug-likeness (QED) is 0.0357. The molecule has 7 nitrogen and oxygen atoms in total. The molecule has 3 N–H and O–H groups in total. The Morgan fingerprint density at radius 3 is 1.91 bits per heavy atom. The Bertz CT molecular complexity index is 1160. The maximum absolute atomic E-state index is 12.1. The van der Waals surface area contributed by atoms with Crippen molar-refractivity contribution in [2.75, 3.05) is 42.0 Å². The van der Waals surface area contributed by atoms with Crippen LogP contribution < -0.4 is 10.6 Å².